The molecule has 0 radical (unpaired) electrons. The Balaban J connectivity index is 1.71. The summed E-state index contributed by atoms with van der Waals surface area (Å²) in [6.45, 7) is 4.75. The van der Waals surface area contributed by atoms with Crippen LogP contribution in [-0.4, -0.2) is 29.0 Å². The summed E-state index contributed by atoms with van der Waals surface area (Å²) in [7, 11) is 0. The van der Waals surface area contributed by atoms with Crippen molar-refractivity contribution in [2.24, 2.45) is 0 Å². The SMILES string of the molecule is C[C@@H]1CCCN1CCc1nc2ccc(Br)cc2s1. The molecule has 1 fully saturated rings. The predicted octanol–water partition coefficient (Wildman–Crippen LogP) is 4.09. The van der Waals surface area contributed by atoms with Crippen molar-refractivity contribution < 1.29 is 0 Å². The molecule has 1 saturated heterocycles. The molecule has 0 unspecified atom stereocenters. The van der Waals surface area contributed by atoms with Crippen LogP contribution in [0.25, 0.3) is 10.2 Å². The largest absolute Gasteiger partial charge is 0.300 e. The van der Waals surface area contributed by atoms with E-state index >= 15 is 0 Å². The van der Waals surface area contributed by atoms with Crippen LogP contribution in [0.1, 0.15) is 24.8 Å². The van der Waals surface area contributed by atoms with Gasteiger partial charge in [0.05, 0.1) is 15.2 Å². The van der Waals surface area contributed by atoms with E-state index in [1.54, 1.807) is 0 Å². The van der Waals surface area contributed by atoms with E-state index in [1.165, 1.54) is 29.1 Å². The van der Waals surface area contributed by atoms with E-state index in [-0.39, 0.29) is 0 Å². The second kappa shape index (κ2) is 5.27. The topological polar surface area (TPSA) is 16.1 Å². The monoisotopic (exact) mass is 324 g/mol. The Hall–Kier alpha value is -0.450. The van der Waals surface area contributed by atoms with Crippen molar-refractivity contribution in [3.05, 3.63) is 27.7 Å². The highest BCUT2D eigenvalue weighted by molar-refractivity contribution is 9.10. The number of fused-ring (bicyclic) bond motifs is 1. The number of benzene rings is 1. The zero-order valence-corrected chi connectivity index (χ0v) is 12.9. The van der Waals surface area contributed by atoms with Crippen molar-refractivity contribution in [3.63, 3.8) is 0 Å². The molecule has 0 aliphatic carbocycles. The van der Waals surface area contributed by atoms with Gasteiger partial charge in [-0.15, -0.1) is 11.3 Å². The van der Waals surface area contributed by atoms with Gasteiger partial charge in [0, 0.05) is 23.5 Å². The molecule has 1 aromatic carbocycles. The van der Waals surface area contributed by atoms with E-state index in [9.17, 15) is 0 Å². The maximum atomic E-state index is 4.71. The summed E-state index contributed by atoms with van der Waals surface area (Å²) in [6, 6.07) is 7.08. The molecule has 4 heteroatoms. The normalized spacial score (nSPS) is 20.9. The van der Waals surface area contributed by atoms with Gasteiger partial charge in [0.15, 0.2) is 0 Å². The maximum absolute atomic E-state index is 4.71. The highest BCUT2D eigenvalue weighted by Crippen LogP contribution is 2.26. The van der Waals surface area contributed by atoms with E-state index in [4.69, 9.17) is 4.98 Å². The van der Waals surface area contributed by atoms with Crippen molar-refractivity contribution in [2.75, 3.05) is 13.1 Å². The number of thiazole rings is 1. The lowest BCUT2D eigenvalue weighted by Gasteiger charge is -2.19. The summed E-state index contributed by atoms with van der Waals surface area (Å²) in [5.74, 6) is 0. The smallest absolute Gasteiger partial charge is 0.0951 e. The van der Waals surface area contributed by atoms with Crippen LogP contribution in [0.3, 0.4) is 0 Å². The van der Waals surface area contributed by atoms with Crippen molar-refractivity contribution in [2.45, 2.75) is 32.2 Å². The molecule has 1 aliphatic heterocycles. The molecule has 0 amide bonds. The third-order valence-corrected chi connectivity index (χ3v) is 5.27. The fourth-order valence-corrected chi connectivity index (χ4v) is 4.13. The van der Waals surface area contributed by atoms with Crippen LogP contribution in [0, 0.1) is 0 Å². The molecule has 2 nitrogen and oxygen atoms in total. The number of nitrogens with zero attached hydrogens (tertiary/aromatic N) is 2. The molecule has 2 heterocycles. The number of hydrogen-bond acceptors (Lipinski definition) is 3. The van der Waals surface area contributed by atoms with Gasteiger partial charge in [-0.05, 0) is 44.5 Å². The van der Waals surface area contributed by atoms with Gasteiger partial charge in [0.25, 0.3) is 0 Å². The molecular weight excluding hydrogens is 308 g/mol. The highest BCUT2D eigenvalue weighted by atomic mass is 79.9. The highest BCUT2D eigenvalue weighted by Gasteiger charge is 2.19. The first-order chi connectivity index (χ1) is 8.72. The maximum Gasteiger partial charge on any atom is 0.0951 e. The van der Waals surface area contributed by atoms with Gasteiger partial charge in [-0.3, -0.25) is 0 Å². The number of halogens is 1. The summed E-state index contributed by atoms with van der Waals surface area (Å²) < 4.78 is 2.42. The first-order valence-electron chi connectivity index (χ1n) is 6.51. The van der Waals surface area contributed by atoms with Gasteiger partial charge in [-0.2, -0.15) is 0 Å². The molecule has 0 spiro atoms. The molecule has 2 aromatic rings. The van der Waals surface area contributed by atoms with E-state index in [1.807, 2.05) is 11.3 Å². The summed E-state index contributed by atoms with van der Waals surface area (Å²) in [5, 5.41) is 1.27. The number of likely N-dealkylation sites (tertiary alicyclic amines) is 1. The Morgan fingerprint density at radius 1 is 1.50 bits per heavy atom. The average Bonchev–Trinajstić information content (AvgIpc) is 2.92. The number of aromatic nitrogens is 1. The second-order valence-corrected chi connectivity index (χ2v) is 7.03. The molecule has 0 N–H and O–H groups in total. The lowest BCUT2D eigenvalue weighted by atomic mass is 10.2. The Labute approximate surface area is 120 Å². The minimum Gasteiger partial charge on any atom is -0.300 e. The Morgan fingerprint density at radius 3 is 3.17 bits per heavy atom. The van der Waals surface area contributed by atoms with Gasteiger partial charge < -0.3 is 4.90 Å². The van der Waals surface area contributed by atoms with Crippen molar-refractivity contribution in [1.82, 2.24) is 9.88 Å². The van der Waals surface area contributed by atoms with Crippen LogP contribution in [0.15, 0.2) is 22.7 Å². The zero-order chi connectivity index (χ0) is 12.5. The first kappa shape index (κ1) is 12.6. The van der Waals surface area contributed by atoms with E-state index < -0.39 is 0 Å². The molecule has 1 atom stereocenters. The quantitative estimate of drug-likeness (QED) is 0.845. The molecule has 18 heavy (non-hydrogen) atoms. The lowest BCUT2D eigenvalue weighted by molar-refractivity contribution is 0.272. The Bertz CT molecular complexity index is 552. The minimum absolute atomic E-state index is 0.758. The van der Waals surface area contributed by atoms with E-state index in [0.717, 1.165) is 29.0 Å². The fraction of sp³-hybridized carbons (Fsp3) is 0.500. The standard InChI is InChI=1S/C14H17BrN2S/c1-10-3-2-7-17(10)8-6-14-16-12-5-4-11(15)9-13(12)18-14/h4-5,9-10H,2-3,6-8H2,1H3/t10-/m1/s1. The van der Waals surface area contributed by atoms with E-state index in [0.29, 0.717) is 0 Å². The van der Waals surface area contributed by atoms with Gasteiger partial charge in [-0.1, -0.05) is 15.9 Å². The Morgan fingerprint density at radius 2 is 2.39 bits per heavy atom. The van der Waals surface area contributed by atoms with Gasteiger partial charge in [0.2, 0.25) is 0 Å². The van der Waals surface area contributed by atoms with Gasteiger partial charge in [0.1, 0.15) is 0 Å². The van der Waals surface area contributed by atoms with Crippen LogP contribution >= 0.6 is 27.3 Å². The number of hydrogen-bond donors (Lipinski definition) is 0. The fourth-order valence-electron chi connectivity index (χ4n) is 2.62. The lowest BCUT2D eigenvalue weighted by Crippen LogP contribution is -2.28. The van der Waals surface area contributed by atoms with Crippen molar-refractivity contribution in [1.29, 1.82) is 0 Å². The summed E-state index contributed by atoms with van der Waals surface area (Å²) in [6.07, 6.45) is 3.79. The molecule has 1 aliphatic rings. The third-order valence-electron chi connectivity index (χ3n) is 3.70. The van der Waals surface area contributed by atoms with Crippen LogP contribution < -0.4 is 0 Å². The average molecular weight is 325 g/mol. The predicted molar refractivity (Wildman–Crippen MR) is 81.3 cm³/mol. The number of rotatable bonds is 3. The van der Waals surface area contributed by atoms with Crippen LogP contribution in [0.5, 0.6) is 0 Å². The van der Waals surface area contributed by atoms with Gasteiger partial charge >= 0.3 is 0 Å². The summed E-state index contributed by atoms with van der Waals surface area (Å²) in [5.41, 5.74) is 1.13. The minimum atomic E-state index is 0.758. The Kier molecular flexibility index (Phi) is 3.68. The summed E-state index contributed by atoms with van der Waals surface area (Å²) >= 11 is 5.34. The van der Waals surface area contributed by atoms with Crippen molar-refractivity contribution >= 4 is 37.5 Å². The van der Waals surface area contributed by atoms with E-state index in [2.05, 4.69) is 46.0 Å². The first-order valence-corrected chi connectivity index (χ1v) is 8.12. The van der Waals surface area contributed by atoms with Gasteiger partial charge in [-0.25, -0.2) is 4.98 Å². The zero-order valence-electron chi connectivity index (χ0n) is 10.5. The molecule has 0 saturated carbocycles. The van der Waals surface area contributed by atoms with Crippen molar-refractivity contribution in [3.8, 4) is 0 Å². The third kappa shape index (κ3) is 2.60. The van der Waals surface area contributed by atoms with Crippen LogP contribution in [-0.2, 0) is 6.42 Å². The summed E-state index contributed by atoms with van der Waals surface area (Å²) in [4.78, 5) is 7.30. The molecule has 0 bridgehead atoms. The molecular formula is C14H17BrN2S. The molecule has 1 aromatic heterocycles. The van der Waals surface area contributed by atoms with Crippen LogP contribution in [0.2, 0.25) is 0 Å². The molecule has 3 rings (SSSR count). The second-order valence-electron chi connectivity index (χ2n) is 5.00. The van der Waals surface area contributed by atoms with Crippen LogP contribution in [0.4, 0.5) is 0 Å². The molecule has 96 valence electrons.